The third-order valence-electron chi connectivity index (χ3n) is 8.53. The Morgan fingerprint density at radius 3 is 2.38 bits per heavy atom. The van der Waals surface area contributed by atoms with E-state index in [9.17, 15) is 28.0 Å². The number of aryl methyl sites for hydroxylation is 1. The second-order valence-corrected chi connectivity index (χ2v) is 11.8. The van der Waals surface area contributed by atoms with E-state index in [0.717, 1.165) is 6.26 Å². The fraction of sp³-hybridized carbons (Fsp3) is 0.581. The van der Waals surface area contributed by atoms with E-state index in [4.69, 9.17) is 4.52 Å². The van der Waals surface area contributed by atoms with Crippen LogP contribution >= 0.6 is 0 Å². The first-order chi connectivity index (χ1) is 21.4. The number of benzene rings is 1. The fourth-order valence-electron chi connectivity index (χ4n) is 5.69. The number of likely N-dealkylation sites (N-methyl/N-ethyl adjacent to an activating group) is 1. The van der Waals surface area contributed by atoms with Gasteiger partial charge in [0, 0.05) is 51.9 Å². The molecule has 4 rings (SSSR count). The first kappa shape index (κ1) is 33.9. The van der Waals surface area contributed by atoms with Crippen LogP contribution in [0.5, 0.6) is 0 Å². The van der Waals surface area contributed by atoms with Crippen molar-refractivity contribution in [2.45, 2.75) is 76.8 Å². The molecule has 45 heavy (non-hydrogen) atoms. The minimum absolute atomic E-state index is 0.0107. The smallest absolute Gasteiger partial charge is 0.257 e. The van der Waals surface area contributed by atoms with Crippen molar-refractivity contribution in [3.8, 4) is 0 Å². The zero-order valence-electron chi connectivity index (χ0n) is 25.8. The largest absolute Gasteiger partial charge is 0.364 e. The number of hydrogen-bond acceptors (Lipinski definition) is 7. The molecule has 246 valence electrons. The Kier molecular flexibility index (Phi) is 11.2. The first-order valence-corrected chi connectivity index (χ1v) is 15.4. The Morgan fingerprint density at radius 2 is 1.76 bits per heavy atom. The number of anilines is 1. The number of nitrogens with zero attached hydrogens (tertiary/aromatic N) is 3. The average Bonchev–Trinajstić information content (AvgIpc) is 3.50. The summed E-state index contributed by atoms with van der Waals surface area (Å²) < 4.78 is 48.1. The quantitative estimate of drug-likeness (QED) is 0.346. The predicted octanol–water partition coefficient (Wildman–Crippen LogP) is 3.15. The summed E-state index contributed by atoms with van der Waals surface area (Å²) in [7, 11) is 1.96. The lowest BCUT2D eigenvalue weighted by Gasteiger charge is -2.35. The molecule has 3 N–H and O–H groups in total. The molecular formula is C31H41F3N6O5. The lowest BCUT2D eigenvalue weighted by Crippen LogP contribution is -2.54. The Balaban J connectivity index is 1.49. The van der Waals surface area contributed by atoms with Crippen LogP contribution in [0.1, 0.15) is 67.6 Å². The summed E-state index contributed by atoms with van der Waals surface area (Å²) in [5, 5.41) is 11.7. The van der Waals surface area contributed by atoms with Crippen LogP contribution in [0.15, 0.2) is 29.0 Å². The van der Waals surface area contributed by atoms with E-state index in [0.29, 0.717) is 43.9 Å². The number of piperazine rings is 1. The molecule has 14 heteroatoms. The number of alkyl halides is 2. The number of amides is 4. The van der Waals surface area contributed by atoms with E-state index in [1.165, 1.54) is 12.1 Å². The molecule has 0 spiro atoms. The lowest BCUT2D eigenvalue weighted by atomic mass is 9.81. The monoisotopic (exact) mass is 634 g/mol. The van der Waals surface area contributed by atoms with Crippen molar-refractivity contribution in [2.24, 2.45) is 5.92 Å². The molecule has 1 saturated heterocycles. The van der Waals surface area contributed by atoms with Crippen LogP contribution in [0.4, 0.5) is 18.9 Å². The molecule has 1 aromatic heterocycles. The van der Waals surface area contributed by atoms with Gasteiger partial charge in [0.05, 0.1) is 11.4 Å². The van der Waals surface area contributed by atoms with Crippen molar-refractivity contribution in [2.75, 3.05) is 38.5 Å². The minimum Gasteiger partial charge on any atom is -0.364 e. The Labute approximate surface area is 260 Å². The summed E-state index contributed by atoms with van der Waals surface area (Å²) in [6.07, 6.45) is 0.877. The predicted molar refractivity (Wildman–Crippen MR) is 159 cm³/mol. The van der Waals surface area contributed by atoms with Crippen LogP contribution < -0.4 is 16.0 Å². The molecule has 1 saturated carbocycles. The van der Waals surface area contributed by atoms with Crippen LogP contribution in [0, 0.1) is 11.7 Å². The lowest BCUT2D eigenvalue weighted by molar-refractivity contribution is -0.137. The molecule has 4 amide bonds. The number of halogens is 3. The van der Waals surface area contributed by atoms with E-state index in [1.54, 1.807) is 24.8 Å². The molecule has 2 heterocycles. The molecule has 0 bridgehead atoms. The molecule has 1 aliphatic heterocycles. The van der Waals surface area contributed by atoms with Gasteiger partial charge in [-0.3, -0.25) is 19.2 Å². The molecule has 2 aromatic rings. The van der Waals surface area contributed by atoms with Gasteiger partial charge in [-0.2, -0.15) is 0 Å². The van der Waals surface area contributed by atoms with Gasteiger partial charge in [0.25, 0.3) is 5.91 Å². The van der Waals surface area contributed by atoms with E-state index in [2.05, 4.69) is 26.0 Å². The van der Waals surface area contributed by atoms with Crippen LogP contribution in [0.25, 0.3) is 0 Å². The molecule has 1 aromatic carbocycles. The second-order valence-electron chi connectivity index (χ2n) is 11.8. The van der Waals surface area contributed by atoms with Crippen LogP contribution in [-0.2, 0) is 27.2 Å². The maximum absolute atomic E-state index is 15.4. The van der Waals surface area contributed by atoms with Gasteiger partial charge in [-0.1, -0.05) is 25.1 Å². The topological polar surface area (TPSA) is 137 Å². The third kappa shape index (κ3) is 8.83. The van der Waals surface area contributed by atoms with Crippen molar-refractivity contribution in [3.63, 3.8) is 0 Å². The van der Waals surface area contributed by atoms with Gasteiger partial charge in [-0.05, 0) is 49.9 Å². The number of nitrogens with one attached hydrogen (secondary N) is 3. The Bertz CT molecular complexity index is 1370. The molecule has 0 unspecified atom stereocenters. The standard InChI is InChI=1S/C31H41F3N6O5/c1-4-23-21(18-45-38-23)28(42)37-27(20-8-10-31(33,34)11-9-20)29(43)36-24-7-6-19(16-22(24)32)17-25(35-26(41)5-2)30(44)40-14-12-39(3)13-15-40/h6-7,16,18,20,25,27H,4-5,8-15,17H2,1-3H3,(H,35,41)(H,36,43)(H,37,42)/t25-,27+/m1/s1. The normalized spacial score (nSPS) is 18.6. The van der Waals surface area contributed by atoms with Crippen molar-refractivity contribution >= 4 is 29.3 Å². The van der Waals surface area contributed by atoms with Crippen LogP contribution in [-0.4, -0.2) is 89.8 Å². The highest BCUT2D eigenvalue weighted by Crippen LogP contribution is 2.38. The molecule has 11 nitrogen and oxygen atoms in total. The first-order valence-electron chi connectivity index (χ1n) is 15.4. The number of carbonyl (C=O) groups is 4. The van der Waals surface area contributed by atoms with E-state index >= 15 is 4.39 Å². The van der Waals surface area contributed by atoms with Gasteiger partial charge in [0.1, 0.15) is 29.7 Å². The average molecular weight is 635 g/mol. The van der Waals surface area contributed by atoms with Gasteiger partial charge in [-0.25, -0.2) is 13.2 Å². The fourth-order valence-corrected chi connectivity index (χ4v) is 5.69. The van der Waals surface area contributed by atoms with Gasteiger partial charge in [0.15, 0.2) is 0 Å². The molecule has 2 atom stereocenters. The Morgan fingerprint density at radius 1 is 1.07 bits per heavy atom. The maximum atomic E-state index is 15.4. The number of hydrogen-bond donors (Lipinski definition) is 3. The zero-order chi connectivity index (χ0) is 32.7. The van der Waals surface area contributed by atoms with Gasteiger partial charge >= 0.3 is 0 Å². The highest BCUT2D eigenvalue weighted by molar-refractivity contribution is 6.01. The van der Waals surface area contributed by atoms with Crippen LogP contribution in [0.2, 0.25) is 0 Å². The summed E-state index contributed by atoms with van der Waals surface area (Å²) in [6, 6.07) is 1.94. The summed E-state index contributed by atoms with van der Waals surface area (Å²) in [5.74, 6) is -6.21. The molecular weight excluding hydrogens is 593 g/mol. The zero-order valence-corrected chi connectivity index (χ0v) is 25.8. The minimum atomic E-state index is -2.85. The molecule has 1 aliphatic carbocycles. The molecule has 2 aliphatic rings. The summed E-state index contributed by atoms with van der Waals surface area (Å²) in [6.45, 7) is 5.88. The van der Waals surface area contributed by atoms with Gasteiger partial charge < -0.3 is 30.3 Å². The maximum Gasteiger partial charge on any atom is 0.257 e. The van der Waals surface area contributed by atoms with Crippen molar-refractivity contribution < 1.29 is 36.9 Å². The second kappa shape index (κ2) is 14.9. The summed E-state index contributed by atoms with van der Waals surface area (Å²) in [4.78, 5) is 55.8. The van der Waals surface area contributed by atoms with Gasteiger partial charge in [-0.15, -0.1) is 0 Å². The van der Waals surface area contributed by atoms with Crippen LogP contribution in [0.3, 0.4) is 0 Å². The molecule has 0 radical (unpaired) electrons. The van der Waals surface area contributed by atoms with Crippen molar-refractivity contribution in [3.05, 3.63) is 47.1 Å². The van der Waals surface area contributed by atoms with E-state index in [-0.39, 0.29) is 48.7 Å². The van der Waals surface area contributed by atoms with E-state index < -0.39 is 54.4 Å². The Hall–Kier alpha value is -3.94. The SMILES string of the molecule is CCC(=O)N[C@H](Cc1ccc(NC(=O)[C@@H](NC(=O)c2conc2CC)C2CCC(F)(F)CC2)c(F)c1)C(=O)N1CCN(C)CC1. The number of rotatable bonds is 11. The number of aromatic nitrogens is 1. The number of carbonyl (C=O) groups excluding carboxylic acids is 4. The van der Waals surface area contributed by atoms with Gasteiger partial charge in [0.2, 0.25) is 23.6 Å². The summed E-state index contributed by atoms with van der Waals surface area (Å²) in [5.41, 5.74) is 0.752. The van der Waals surface area contributed by atoms with Crippen molar-refractivity contribution in [1.82, 2.24) is 25.6 Å². The van der Waals surface area contributed by atoms with E-state index in [1.807, 2.05) is 7.05 Å². The third-order valence-corrected chi connectivity index (χ3v) is 8.53. The molecule has 2 fully saturated rings. The summed E-state index contributed by atoms with van der Waals surface area (Å²) >= 11 is 0. The highest BCUT2D eigenvalue weighted by atomic mass is 19.3. The van der Waals surface area contributed by atoms with Crippen molar-refractivity contribution in [1.29, 1.82) is 0 Å². The highest BCUT2D eigenvalue weighted by Gasteiger charge is 2.41.